The van der Waals surface area contributed by atoms with Gasteiger partial charge in [0, 0.05) is 24.3 Å². The molecule has 4 rings (SSSR count). The van der Waals surface area contributed by atoms with Crippen LogP contribution >= 0.6 is 0 Å². The molecule has 2 heterocycles. The van der Waals surface area contributed by atoms with Crippen LogP contribution in [-0.2, 0) is 0 Å². The summed E-state index contributed by atoms with van der Waals surface area (Å²) in [6, 6.07) is 13.4. The largest absolute Gasteiger partial charge is 0.324 e. The maximum atomic E-state index is 14.3. The Morgan fingerprint density at radius 3 is 2.78 bits per heavy atom. The van der Waals surface area contributed by atoms with E-state index in [0.717, 1.165) is 11.3 Å². The van der Waals surface area contributed by atoms with Crippen LogP contribution < -0.4 is 10.2 Å². The predicted octanol–water partition coefficient (Wildman–Crippen LogP) is 4.62. The maximum absolute atomic E-state index is 14.3. The Balaban J connectivity index is 1.67. The minimum absolute atomic E-state index is 0.288. The predicted molar refractivity (Wildman–Crippen MR) is 105 cm³/mol. The second-order valence-electron chi connectivity index (χ2n) is 6.46. The van der Waals surface area contributed by atoms with E-state index < -0.39 is 0 Å². The van der Waals surface area contributed by atoms with Crippen molar-refractivity contribution in [3.63, 3.8) is 0 Å². The van der Waals surface area contributed by atoms with Crippen LogP contribution in [0.15, 0.2) is 48.7 Å². The Kier molecular flexibility index (Phi) is 4.19. The quantitative estimate of drug-likeness (QED) is 0.554. The smallest absolute Gasteiger partial charge is 0.229 e. The molecule has 0 radical (unpaired) electrons. The van der Waals surface area contributed by atoms with Crippen molar-refractivity contribution >= 4 is 34.2 Å². The zero-order valence-electron chi connectivity index (χ0n) is 15.3. The van der Waals surface area contributed by atoms with Gasteiger partial charge in [0.25, 0.3) is 0 Å². The number of hydrogen-bond donors (Lipinski definition) is 2. The van der Waals surface area contributed by atoms with Crippen LogP contribution in [0, 0.1) is 19.7 Å². The summed E-state index contributed by atoms with van der Waals surface area (Å²) in [5, 5.41) is 11.0. The third-order valence-electron chi connectivity index (χ3n) is 4.43. The number of H-pyrrole nitrogens is 1. The lowest BCUT2D eigenvalue weighted by Gasteiger charge is -2.16. The third-order valence-corrected chi connectivity index (χ3v) is 4.43. The van der Waals surface area contributed by atoms with Gasteiger partial charge in [0.2, 0.25) is 5.95 Å². The number of halogens is 1. The van der Waals surface area contributed by atoms with Crippen LogP contribution in [0.4, 0.5) is 27.7 Å². The summed E-state index contributed by atoms with van der Waals surface area (Å²) < 4.78 is 14.3. The zero-order valence-corrected chi connectivity index (χ0v) is 15.3. The lowest BCUT2D eigenvalue weighted by atomic mass is 10.1. The topological polar surface area (TPSA) is 69.7 Å². The standard InChI is InChI=1S/C20H19FN6/c1-12-5-4-6-14(11-12)23-20-22-10-9-16(24-20)27(3)19-15-8-7-13(2)17(21)18(15)25-26-19/h4-11H,1-3H3,(H,25,26)(H,22,23,24). The number of nitrogens with zero attached hydrogens (tertiary/aromatic N) is 4. The van der Waals surface area contributed by atoms with Gasteiger partial charge in [-0.05, 0) is 49.2 Å². The molecule has 6 nitrogen and oxygen atoms in total. The molecule has 0 saturated heterocycles. The minimum atomic E-state index is -0.288. The zero-order chi connectivity index (χ0) is 19.0. The van der Waals surface area contributed by atoms with E-state index in [9.17, 15) is 4.39 Å². The highest BCUT2D eigenvalue weighted by molar-refractivity contribution is 5.92. The molecule has 27 heavy (non-hydrogen) atoms. The summed E-state index contributed by atoms with van der Waals surface area (Å²) >= 11 is 0. The van der Waals surface area contributed by atoms with E-state index in [2.05, 4.69) is 25.5 Å². The number of fused-ring (bicyclic) bond motifs is 1. The van der Waals surface area contributed by atoms with Gasteiger partial charge in [-0.15, -0.1) is 0 Å². The van der Waals surface area contributed by atoms with E-state index in [-0.39, 0.29) is 5.82 Å². The number of aryl methyl sites for hydroxylation is 2. The first kappa shape index (κ1) is 17.0. The number of aromatic amines is 1. The molecule has 0 saturated carbocycles. The summed E-state index contributed by atoms with van der Waals surface area (Å²) in [6.45, 7) is 3.76. The maximum Gasteiger partial charge on any atom is 0.229 e. The molecule has 0 aliphatic carbocycles. The Labute approximate surface area is 156 Å². The van der Waals surface area contributed by atoms with Crippen LogP contribution in [0.1, 0.15) is 11.1 Å². The number of aromatic nitrogens is 4. The fourth-order valence-corrected chi connectivity index (χ4v) is 2.96. The van der Waals surface area contributed by atoms with Crippen LogP contribution in [0.25, 0.3) is 10.9 Å². The van der Waals surface area contributed by atoms with E-state index in [1.807, 2.05) is 44.3 Å². The molecule has 0 amide bonds. The lowest BCUT2D eigenvalue weighted by Crippen LogP contribution is -2.13. The SMILES string of the molecule is Cc1cccc(Nc2nccc(N(C)c3n[nH]c4c(F)c(C)ccc34)n2)c1. The highest BCUT2D eigenvalue weighted by Crippen LogP contribution is 2.30. The van der Waals surface area contributed by atoms with Crippen molar-refractivity contribution in [1.82, 2.24) is 20.2 Å². The van der Waals surface area contributed by atoms with E-state index in [4.69, 9.17) is 0 Å². The molecule has 4 aromatic rings. The van der Waals surface area contributed by atoms with Crippen LogP contribution in [0.3, 0.4) is 0 Å². The molecule has 7 heteroatoms. The molecule has 2 aromatic carbocycles. The lowest BCUT2D eigenvalue weighted by molar-refractivity contribution is 0.627. The highest BCUT2D eigenvalue weighted by atomic mass is 19.1. The van der Waals surface area contributed by atoms with Crippen LogP contribution in [-0.4, -0.2) is 27.2 Å². The van der Waals surface area contributed by atoms with Gasteiger partial charge in [0.1, 0.15) is 11.3 Å². The molecule has 0 fully saturated rings. The van der Waals surface area contributed by atoms with Gasteiger partial charge in [-0.25, -0.2) is 9.37 Å². The monoisotopic (exact) mass is 362 g/mol. The molecular weight excluding hydrogens is 343 g/mol. The van der Waals surface area contributed by atoms with Crippen LogP contribution in [0.5, 0.6) is 0 Å². The van der Waals surface area contributed by atoms with Crippen molar-refractivity contribution in [2.24, 2.45) is 0 Å². The van der Waals surface area contributed by atoms with Crippen molar-refractivity contribution in [2.75, 3.05) is 17.3 Å². The summed E-state index contributed by atoms with van der Waals surface area (Å²) in [5.41, 5.74) is 3.03. The van der Waals surface area contributed by atoms with Gasteiger partial charge in [-0.2, -0.15) is 10.1 Å². The van der Waals surface area contributed by atoms with Crippen molar-refractivity contribution in [1.29, 1.82) is 0 Å². The molecule has 0 unspecified atom stereocenters. The van der Waals surface area contributed by atoms with Crippen molar-refractivity contribution in [3.8, 4) is 0 Å². The molecule has 0 atom stereocenters. The fraction of sp³-hybridized carbons (Fsp3) is 0.150. The number of benzene rings is 2. The van der Waals surface area contributed by atoms with E-state index in [1.54, 1.807) is 30.2 Å². The molecule has 0 aliphatic rings. The summed E-state index contributed by atoms with van der Waals surface area (Å²) in [4.78, 5) is 10.6. The Hall–Kier alpha value is -3.48. The van der Waals surface area contributed by atoms with Gasteiger partial charge in [-0.3, -0.25) is 5.10 Å². The summed E-state index contributed by atoms with van der Waals surface area (Å²) in [6.07, 6.45) is 1.68. The number of anilines is 4. The average Bonchev–Trinajstić information content (AvgIpc) is 3.09. The molecule has 0 bridgehead atoms. The highest BCUT2D eigenvalue weighted by Gasteiger charge is 2.16. The van der Waals surface area contributed by atoms with Crippen molar-refractivity contribution in [2.45, 2.75) is 13.8 Å². The normalized spacial score (nSPS) is 11.0. The van der Waals surface area contributed by atoms with E-state index in [1.165, 1.54) is 0 Å². The van der Waals surface area contributed by atoms with Crippen LogP contribution in [0.2, 0.25) is 0 Å². The first-order chi connectivity index (χ1) is 13.0. The first-order valence-corrected chi connectivity index (χ1v) is 8.56. The second kappa shape index (κ2) is 6.68. The Bertz CT molecular complexity index is 1120. The van der Waals surface area contributed by atoms with Gasteiger partial charge in [-0.1, -0.05) is 18.2 Å². The molecule has 136 valence electrons. The fourth-order valence-electron chi connectivity index (χ4n) is 2.96. The number of hydrogen-bond acceptors (Lipinski definition) is 5. The average molecular weight is 362 g/mol. The first-order valence-electron chi connectivity index (χ1n) is 8.56. The van der Waals surface area contributed by atoms with Crippen molar-refractivity contribution in [3.05, 3.63) is 65.6 Å². The molecule has 2 N–H and O–H groups in total. The molecule has 2 aromatic heterocycles. The number of nitrogens with one attached hydrogen (secondary N) is 2. The molecule has 0 aliphatic heterocycles. The Morgan fingerprint density at radius 1 is 1.11 bits per heavy atom. The van der Waals surface area contributed by atoms with Crippen molar-refractivity contribution < 1.29 is 4.39 Å². The summed E-state index contributed by atoms with van der Waals surface area (Å²) in [7, 11) is 1.84. The third kappa shape index (κ3) is 3.19. The summed E-state index contributed by atoms with van der Waals surface area (Å²) in [5.74, 6) is 1.44. The van der Waals surface area contributed by atoms with E-state index in [0.29, 0.717) is 34.1 Å². The van der Waals surface area contributed by atoms with Gasteiger partial charge in [0.15, 0.2) is 11.6 Å². The van der Waals surface area contributed by atoms with Gasteiger partial charge in [0.05, 0.1) is 0 Å². The van der Waals surface area contributed by atoms with Gasteiger partial charge < -0.3 is 10.2 Å². The Morgan fingerprint density at radius 2 is 1.96 bits per heavy atom. The minimum Gasteiger partial charge on any atom is -0.324 e. The number of rotatable bonds is 4. The second-order valence-corrected chi connectivity index (χ2v) is 6.46. The molecule has 0 spiro atoms. The van der Waals surface area contributed by atoms with E-state index >= 15 is 0 Å². The van der Waals surface area contributed by atoms with Gasteiger partial charge >= 0.3 is 0 Å². The molecular formula is C20H19FN6.